The molecule has 1 aromatic carbocycles. The van der Waals surface area contributed by atoms with Crippen LogP contribution in [0.3, 0.4) is 0 Å². The summed E-state index contributed by atoms with van der Waals surface area (Å²) < 4.78 is 0. The summed E-state index contributed by atoms with van der Waals surface area (Å²) in [6.45, 7) is 10.4. The number of rotatable bonds is 8. The Hall–Kier alpha value is -0.820. The standard InChI is InChI=1S/C19H31N/c1-5-7-8-15-9-11-16(12-10-15)18(20-13-6-2)17-14-19(17,3)4/h9-12,17-18,20H,5-8,13-14H2,1-4H3. The van der Waals surface area contributed by atoms with Crippen LogP contribution < -0.4 is 5.32 Å². The molecule has 1 aliphatic rings. The SMILES string of the molecule is CCCCc1ccc(C(NCCC)C2CC2(C)C)cc1. The molecular formula is C19H31N. The first-order valence-corrected chi connectivity index (χ1v) is 8.40. The van der Waals surface area contributed by atoms with Crippen molar-refractivity contribution in [1.82, 2.24) is 5.32 Å². The van der Waals surface area contributed by atoms with E-state index in [9.17, 15) is 0 Å². The molecule has 1 N–H and O–H groups in total. The van der Waals surface area contributed by atoms with Crippen molar-refractivity contribution in [2.24, 2.45) is 11.3 Å². The molecule has 0 amide bonds. The van der Waals surface area contributed by atoms with Crippen molar-refractivity contribution in [1.29, 1.82) is 0 Å². The zero-order chi connectivity index (χ0) is 14.6. The van der Waals surface area contributed by atoms with Crippen LogP contribution in [-0.2, 0) is 6.42 Å². The topological polar surface area (TPSA) is 12.0 Å². The third kappa shape index (κ3) is 3.85. The van der Waals surface area contributed by atoms with Gasteiger partial charge in [0.15, 0.2) is 0 Å². The lowest BCUT2D eigenvalue weighted by Gasteiger charge is -2.21. The van der Waals surface area contributed by atoms with E-state index in [2.05, 4.69) is 57.3 Å². The highest BCUT2D eigenvalue weighted by Crippen LogP contribution is 2.57. The number of aryl methyl sites for hydroxylation is 1. The molecule has 0 spiro atoms. The van der Waals surface area contributed by atoms with Gasteiger partial charge in [0, 0.05) is 6.04 Å². The van der Waals surface area contributed by atoms with Gasteiger partial charge in [0.25, 0.3) is 0 Å². The van der Waals surface area contributed by atoms with Crippen molar-refractivity contribution in [2.75, 3.05) is 6.54 Å². The molecule has 0 bridgehead atoms. The van der Waals surface area contributed by atoms with Gasteiger partial charge in [0.05, 0.1) is 0 Å². The lowest BCUT2D eigenvalue weighted by atomic mass is 9.95. The molecule has 1 aliphatic carbocycles. The first kappa shape index (κ1) is 15.6. The largest absolute Gasteiger partial charge is 0.310 e. The molecule has 2 rings (SSSR count). The Kier molecular flexibility index (Phi) is 5.26. The van der Waals surface area contributed by atoms with Crippen LogP contribution in [0.1, 0.15) is 70.5 Å². The first-order valence-electron chi connectivity index (χ1n) is 8.40. The molecule has 112 valence electrons. The summed E-state index contributed by atoms with van der Waals surface area (Å²) in [5.74, 6) is 0.801. The van der Waals surface area contributed by atoms with Crippen molar-refractivity contribution in [3.05, 3.63) is 35.4 Å². The number of unbranched alkanes of at least 4 members (excludes halogenated alkanes) is 1. The van der Waals surface area contributed by atoms with Crippen LogP contribution in [0.2, 0.25) is 0 Å². The third-order valence-corrected chi connectivity index (χ3v) is 4.76. The van der Waals surface area contributed by atoms with Gasteiger partial charge < -0.3 is 5.32 Å². The maximum atomic E-state index is 3.77. The van der Waals surface area contributed by atoms with Gasteiger partial charge in [-0.3, -0.25) is 0 Å². The van der Waals surface area contributed by atoms with Crippen molar-refractivity contribution in [2.45, 2.75) is 65.8 Å². The van der Waals surface area contributed by atoms with Gasteiger partial charge in [0.1, 0.15) is 0 Å². The van der Waals surface area contributed by atoms with Gasteiger partial charge >= 0.3 is 0 Å². The van der Waals surface area contributed by atoms with E-state index in [0.717, 1.165) is 12.5 Å². The highest BCUT2D eigenvalue weighted by atomic mass is 14.9. The van der Waals surface area contributed by atoms with E-state index in [4.69, 9.17) is 0 Å². The highest BCUT2D eigenvalue weighted by Gasteiger charge is 2.50. The molecule has 0 aromatic heterocycles. The summed E-state index contributed by atoms with van der Waals surface area (Å²) in [6.07, 6.45) is 6.36. The van der Waals surface area contributed by atoms with E-state index in [0.29, 0.717) is 11.5 Å². The second-order valence-electron chi connectivity index (χ2n) is 7.08. The number of nitrogens with one attached hydrogen (secondary N) is 1. The Labute approximate surface area is 125 Å². The maximum absolute atomic E-state index is 3.77. The lowest BCUT2D eigenvalue weighted by Crippen LogP contribution is -2.25. The average molecular weight is 273 g/mol. The van der Waals surface area contributed by atoms with Crippen LogP contribution >= 0.6 is 0 Å². The zero-order valence-corrected chi connectivity index (χ0v) is 13.7. The van der Waals surface area contributed by atoms with Crippen LogP contribution in [-0.4, -0.2) is 6.54 Å². The molecule has 0 heterocycles. The summed E-state index contributed by atoms with van der Waals surface area (Å²) in [5.41, 5.74) is 3.49. The van der Waals surface area contributed by atoms with Gasteiger partial charge in [-0.05, 0) is 54.7 Å². The van der Waals surface area contributed by atoms with Gasteiger partial charge in [0.2, 0.25) is 0 Å². The number of hydrogen-bond acceptors (Lipinski definition) is 1. The van der Waals surface area contributed by atoms with Crippen LogP contribution in [0.15, 0.2) is 24.3 Å². The monoisotopic (exact) mass is 273 g/mol. The van der Waals surface area contributed by atoms with E-state index >= 15 is 0 Å². The molecule has 20 heavy (non-hydrogen) atoms. The van der Waals surface area contributed by atoms with Crippen molar-refractivity contribution >= 4 is 0 Å². The molecule has 1 nitrogen and oxygen atoms in total. The van der Waals surface area contributed by atoms with Gasteiger partial charge in [-0.2, -0.15) is 0 Å². The smallest absolute Gasteiger partial charge is 0.0353 e. The van der Waals surface area contributed by atoms with E-state index in [1.54, 1.807) is 0 Å². The Morgan fingerprint density at radius 2 is 1.80 bits per heavy atom. The van der Waals surface area contributed by atoms with Crippen molar-refractivity contribution < 1.29 is 0 Å². The zero-order valence-electron chi connectivity index (χ0n) is 13.7. The van der Waals surface area contributed by atoms with E-state index in [1.807, 2.05) is 0 Å². The molecule has 2 atom stereocenters. The highest BCUT2D eigenvalue weighted by molar-refractivity contribution is 5.27. The van der Waals surface area contributed by atoms with Crippen molar-refractivity contribution in [3.8, 4) is 0 Å². The maximum Gasteiger partial charge on any atom is 0.0353 e. The summed E-state index contributed by atoms with van der Waals surface area (Å²) in [6, 6.07) is 9.92. The van der Waals surface area contributed by atoms with Crippen molar-refractivity contribution in [3.63, 3.8) is 0 Å². The summed E-state index contributed by atoms with van der Waals surface area (Å²) in [5, 5.41) is 3.77. The summed E-state index contributed by atoms with van der Waals surface area (Å²) in [7, 11) is 0. The minimum atomic E-state index is 0.520. The molecule has 0 saturated heterocycles. The minimum absolute atomic E-state index is 0.520. The molecular weight excluding hydrogens is 242 g/mol. The van der Waals surface area contributed by atoms with Crippen LogP contribution in [0.25, 0.3) is 0 Å². The Morgan fingerprint density at radius 1 is 1.15 bits per heavy atom. The van der Waals surface area contributed by atoms with E-state index in [-0.39, 0.29) is 0 Å². The van der Waals surface area contributed by atoms with Crippen LogP contribution in [0.5, 0.6) is 0 Å². The summed E-state index contributed by atoms with van der Waals surface area (Å²) in [4.78, 5) is 0. The normalized spacial score (nSPS) is 21.7. The molecule has 1 aromatic rings. The number of hydrogen-bond donors (Lipinski definition) is 1. The van der Waals surface area contributed by atoms with Gasteiger partial charge in [-0.15, -0.1) is 0 Å². The Bertz CT molecular complexity index is 404. The Balaban J connectivity index is 2.04. The fourth-order valence-electron chi connectivity index (χ4n) is 3.14. The second-order valence-corrected chi connectivity index (χ2v) is 7.08. The summed E-state index contributed by atoms with van der Waals surface area (Å²) >= 11 is 0. The Morgan fingerprint density at radius 3 is 2.30 bits per heavy atom. The molecule has 2 unspecified atom stereocenters. The lowest BCUT2D eigenvalue weighted by molar-refractivity contribution is 0.416. The molecule has 1 fully saturated rings. The second kappa shape index (κ2) is 6.76. The first-order chi connectivity index (χ1) is 9.58. The predicted molar refractivity (Wildman–Crippen MR) is 88.0 cm³/mol. The van der Waals surface area contributed by atoms with Crippen LogP contribution in [0.4, 0.5) is 0 Å². The third-order valence-electron chi connectivity index (χ3n) is 4.76. The fourth-order valence-corrected chi connectivity index (χ4v) is 3.14. The average Bonchev–Trinajstić information content (AvgIpc) is 3.07. The minimum Gasteiger partial charge on any atom is -0.310 e. The quantitative estimate of drug-likeness (QED) is 0.693. The molecule has 0 radical (unpaired) electrons. The molecule has 1 heteroatoms. The van der Waals surface area contributed by atoms with E-state index in [1.165, 1.54) is 43.2 Å². The van der Waals surface area contributed by atoms with Crippen LogP contribution in [0, 0.1) is 11.3 Å². The molecule has 1 saturated carbocycles. The van der Waals surface area contributed by atoms with E-state index < -0.39 is 0 Å². The van der Waals surface area contributed by atoms with Gasteiger partial charge in [-0.1, -0.05) is 58.4 Å². The number of benzene rings is 1. The molecule has 0 aliphatic heterocycles. The van der Waals surface area contributed by atoms with Gasteiger partial charge in [-0.25, -0.2) is 0 Å². The predicted octanol–water partition coefficient (Wildman–Crippen LogP) is 5.12. The fraction of sp³-hybridized carbons (Fsp3) is 0.684.